The zero-order valence-corrected chi connectivity index (χ0v) is 14.7. The molecule has 23 heavy (non-hydrogen) atoms. The lowest BCUT2D eigenvalue weighted by Gasteiger charge is -2.03. The van der Waals surface area contributed by atoms with Crippen LogP contribution in [0, 0.1) is 0 Å². The number of nitrogens with zero attached hydrogens (tertiary/aromatic N) is 2. The molecule has 0 aliphatic rings. The Kier molecular flexibility index (Phi) is 4.72. The number of hydrogen-bond acceptors (Lipinski definition) is 6. The van der Waals surface area contributed by atoms with Crippen molar-refractivity contribution in [3.63, 3.8) is 0 Å². The van der Waals surface area contributed by atoms with Gasteiger partial charge in [0.15, 0.2) is 9.84 Å². The van der Waals surface area contributed by atoms with Crippen molar-refractivity contribution < 1.29 is 12.9 Å². The summed E-state index contributed by atoms with van der Waals surface area (Å²) in [5.74, 6) is -0.0557. The molecule has 3 aromatic rings. The molecule has 0 aliphatic heterocycles. The molecule has 0 bridgehead atoms. The molecule has 9 heteroatoms. The molecule has 3 rings (SSSR count). The molecule has 0 radical (unpaired) electrons. The van der Waals surface area contributed by atoms with Crippen LogP contribution in [0.15, 0.2) is 40.2 Å². The number of thiophene rings is 1. The molecule has 2 heterocycles. The fourth-order valence-corrected chi connectivity index (χ4v) is 4.19. The highest BCUT2D eigenvalue weighted by molar-refractivity contribution is 7.89. The minimum atomic E-state index is -3.47. The minimum Gasteiger partial charge on any atom is -0.338 e. The molecule has 0 aliphatic carbocycles. The third kappa shape index (κ3) is 4.11. The first-order valence-electron chi connectivity index (χ1n) is 6.44. The molecule has 0 unspecified atom stereocenters. The number of halogens is 2. The van der Waals surface area contributed by atoms with E-state index in [0.717, 1.165) is 4.88 Å². The summed E-state index contributed by atoms with van der Waals surface area (Å²) < 4.78 is 29.5. The highest BCUT2D eigenvalue weighted by Crippen LogP contribution is 2.25. The van der Waals surface area contributed by atoms with Crippen LogP contribution in [0.3, 0.4) is 0 Å². The van der Waals surface area contributed by atoms with Gasteiger partial charge in [-0.05, 0) is 29.1 Å². The Morgan fingerprint density at radius 1 is 1.13 bits per heavy atom. The van der Waals surface area contributed by atoms with Crippen molar-refractivity contribution in [2.24, 2.45) is 0 Å². The van der Waals surface area contributed by atoms with Gasteiger partial charge in [-0.25, -0.2) is 8.42 Å². The Balaban J connectivity index is 1.74. The number of benzene rings is 1. The molecule has 0 saturated heterocycles. The number of aromatic nitrogens is 2. The van der Waals surface area contributed by atoms with Crippen LogP contribution in [0.1, 0.15) is 11.5 Å². The maximum Gasteiger partial charge on any atom is 0.242 e. The van der Waals surface area contributed by atoms with E-state index in [9.17, 15) is 8.42 Å². The zero-order chi connectivity index (χ0) is 16.4. The van der Waals surface area contributed by atoms with Gasteiger partial charge in [-0.1, -0.05) is 40.5 Å². The van der Waals surface area contributed by atoms with E-state index in [0.29, 0.717) is 21.4 Å². The summed E-state index contributed by atoms with van der Waals surface area (Å²) >= 11 is 13.2. The highest BCUT2D eigenvalue weighted by atomic mass is 35.5. The van der Waals surface area contributed by atoms with E-state index in [2.05, 4.69) is 10.1 Å². The molecule has 0 saturated carbocycles. The van der Waals surface area contributed by atoms with E-state index < -0.39 is 9.84 Å². The third-order valence-corrected chi connectivity index (χ3v) is 5.99. The maximum atomic E-state index is 12.3. The summed E-state index contributed by atoms with van der Waals surface area (Å²) in [4.78, 5) is 4.94. The van der Waals surface area contributed by atoms with E-state index in [4.69, 9.17) is 27.7 Å². The molecule has 0 amide bonds. The maximum absolute atomic E-state index is 12.3. The van der Waals surface area contributed by atoms with Gasteiger partial charge in [0.2, 0.25) is 11.7 Å². The SMILES string of the molecule is O=S(=O)(Cc1ccc(Cl)c(Cl)c1)Cc1nc(-c2cccs2)no1. The van der Waals surface area contributed by atoms with Crippen LogP contribution in [0.25, 0.3) is 10.7 Å². The van der Waals surface area contributed by atoms with Gasteiger partial charge in [0.25, 0.3) is 0 Å². The molecule has 120 valence electrons. The summed E-state index contributed by atoms with van der Waals surface area (Å²) in [6, 6.07) is 8.42. The smallest absolute Gasteiger partial charge is 0.242 e. The van der Waals surface area contributed by atoms with Gasteiger partial charge in [0, 0.05) is 0 Å². The van der Waals surface area contributed by atoms with Crippen molar-refractivity contribution >= 4 is 44.4 Å². The highest BCUT2D eigenvalue weighted by Gasteiger charge is 2.19. The monoisotopic (exact) mass is 388 g/mol. The van der Waals surface area contributed by atoms with Crippen molar-refractivity contribution in [2.45, 2.75) is 11.5 Å². The van der Waals surface area contributed by atoms with Gasteiger partial charge in [-0.15, -0.1) is 11.3 Å². The third-order valence-electron chi connectivity index (χ3n) is 2.92. The van der Waals surface area contributed by atoms with Crippen LogP contribution in [0.5, 0.6) is 0 Å². The minimum absolute atomic E-state index is 0.0634. The second kappa shape index (κ2) is 6.60. The normalized spacial score (nSPS) is 11.7. The first kappa shape index (κ1) is 16.4. The predicted molar refractivity (Wildman–Crippen MR) is 90.4 cm³/mol. The number of rotatable bonds is 5. The summed E-state index contributed by atoms with van der Waals surface area (Å²) in [5.41, 5.74) is 0.553. The Morgan fingerprint density at radius 3 is 2.65 bits per heavy atom. The van der Waals surface area contributed by atoms with Crippen molar-refractivity contribution in [2.75, 3.05) is 0 Å². The summed E-state index contributed by atoms with van der Waals surface area (Å²) in [6.45, 7) is 0. The van der Waals surface area contributed by atoms with Crippen LogP contribution in [0.2, 0.25) is 10.0 Å². The van der Waals surface area contributed by atoms with Crippen LogP contribution in [0.4, 0.5) is 0 Å². The van der Waals surface area contributed by atoms with Crippen LogP contribution in [-0.4, -0.2) is 18.6 Å². The van der Waals surface area contributed by atoms with E-state index >= 15 is 0 Å². The van der Waals surface area contributed by atoms with Gasteiger partial charge in [0.05, 0.1) is 20.7 Å². The molecule has 5 nitrogen and oxygen atoms in total. The molecule has 0 fully saturated rings. The Morgan fingerprint density at radius 2 is 1.96 bits per heavy atom. The first-order chi connectivity index (χ1) is 10.9. The molecule has 2 aromatic heterocycles. The van der Waals surface area contributed by atoms with Gasteiger partial charge < -0.3 is 4.52 Å². The zero-order valence-electron chi connectivity index (χ0n) is 11.6. The van der Waals surface area contributed by atoms with Crippen molar-refractivity contribution in [3.8, 4) is 10.7 Å². The lowest BCUT2D eigenvalue weighted by atomic mass is 10.2. The van der Waals surface area contributed by atoms with Gasteiger partial charge in [-0.2, -0.15) is 4.98 Å². The predicted octanol–water partition coefficient (Wildman–Crippen LogP) is 4.22. The van der Waals surface area contributed by atoms with Crippen molar-refractivity contribution in [3.05, 3.63) is 57.2 Å². The van der Waals surface area contributed by atoms with Crippen LogP contribution < -0.4 is 0 Å². The second-order valence-corrected chi connectivity index (χ2v) is 8.60. The summed E-state index contributed by atoms with van der Waals surface area (Å²) in [7, 11) is -3.47. The standard InChI is InChI=1S/C14H10Cl2N2O3S2/c15-10-4-3-9(6-11(10)16)7-23(19,20)8-13-17-14(18-21-13)12-2-1-5-22-12/h1-6H,7-8H2. The Labute approximate surface area is 146 Å². The topological polar surface area (TPSA) is 73.1 Å². The molecule has 0 atom stereocenters. The molecular weight excluding hydrogens is 379 g/mol. The molecule has 1 aromatic carbocycles. The van der Waals surface area contributed by atoms with E-state index in [-0.39, 0.29) is 17.4 Å². The average Bonchev–Trinajstić information content (AvgIpc) is 3.12. The molecule has 0 N–H and O–H groups in total. The van der Waals surface area contributed by atoms with Crippen molar-refractivity contribution in [1.82, 2.24) is 10.1 Å². The second-order valence-electron chi connectivity index (χ2n) is 4.77. The van der Waals surface area contributed by atoms with Crippen LogP contribution in [-0.2, 0) is 21.3 Å². The van der Waals surface area contributed by atoms with Crippen molar-refractivity contribution in [1.29, 1.82) is 0 Å². The average molecular weight is 389 g/mol. The summed E-state index contributed by atoms with van der Waals surface area (Å²) in [6.07, 6.45) is 0. The lowest BCUT2D eigenvalue weighted by molar-refractivity contribution is 0.389. The van der Waals surface area contributed by atoms with E-state index in [1.165, 1.54) is 17.4 Å². The Hall–Kier alpha value is -1.41. The summed E-state index contributed by atoms with van der Waals surface area (Å²) in [5, 5.41) is 6.37. The van der Waals surface area contributed by atoms with E-state index in [1.807, 2.05) is 17.5 Å². The van der Waals surface area contributed by atoms with Gasteiger partial charge in [-0.3, -0.25) is 0 Å². The first-order valence-corrected chi connectivity index (χ1v) is 9.89. The van der Waals surface area contributed by atoms with Gasteiger partial charge >= 0.3 is 0 Å². The fourth-order valence-electron chi connectivity index (χ4n) is 1.94. The van der Waals surface area contributed by atoms with Gasteiger partial charge in [0.1, 0.15) is 5.75 Å². The molecular formula is C14H10Cl2N2O3S2. The molecule has 0 spiro atoms. The largest absolute Gasteiger partial charge is 0.338 e. The van der Waals surface area contributed by atoms with Crippen LogP contribution >= 0.6 is 34.5 Å². The number of sulfone groups is 1. The Bertz CT molecular complexity index is 921. The quantitative estimate of drug-likeness (QED) is 0.653. The van der Waals surface area contributed by atoms with E-state index in [1.54, 1.807) is 12.1 Å². The number of hydrogen-bond donors (Lipinski definition) is 0. The lowest BCUT2D eigenvalue weighted by Crippen LogP contribution is -2.08. The fraction of sp³-hybridized carbons (Fsp3) is 0.143.